The maximum atomic E-state index is 10.9. The molecule has 1 aliphatic rings. The molecule has 2 nitrogen and oxygen atoms in total. The van der Waals surface area contributed by atoms with Gasteiger partial charge in [0.25, 0.3) is 0 Å². The van der Waals surface area contributed by atoms with E-state index < -0.39 is 0 Å². The second-order valence-electron chi connectivity index (χ2n) is 2.28. The highest BCUT2D eigenvalue weighted by Gasteiger charge is 2.16. The highest BCUT2D eigenvalue weighted by molar-refractivity contribution is 5.93. The molecular weight excluding hydrogens is 114 g/mol. The molecule has 1 amide bonds. The molecule has 1 heterocycles. The molecule has 1 rings (SSSR count). The minimum absolute atomic E-state index is 0.00116. The van der Waals surface area contributed by atoms with Gasteiger partial charge >= 0.3 is 0 Å². The first-order chi connectivity index (χ1) is 4.22. The molecule has 0 aromatic heterocycles. The minimum atomic E-state index is 0.00116. The van der Waals surface area contributed by atoms with Gasteiger partial charge in [0.1, 0.15) is 0 Å². The minimum Gasteiger partial charge on any atom is -0.337 e. The lowest BCUT2D eigenvalue weighted by Gasteiger charge is -2.22. The maximum Gasteiger partial charge on any atom is 0.249 e. The summed E-state index contributed by atoms with van der Waals surface area (Å²) in [5.74, 6) is 0.00116. The van der Waals surface area contributed by atoms with Gasteiger partial charge in [-0.2, -0.15) is 0 Å². The third-order valence-electron chi connectivity index (χ3n) is 1.50. The summed E-state index contributed by atoms with van der Waals surface area (Å²) in [6.07, 6.45) is 1.85. The van der Waals surface area contributed by atoms with Gasteiger partial charge in [0.15, 0.2) is 0 Å². The molecule has 0 aromatic rings. The van der Waals surface area contributed by atoms with E-state index in [9.17, 15) is 4.79 Å². The standard InChI is InChI=1S/C7H10NO/c1-6-4-3-5-8(2)7(6)9/h1-5H2. The number of rotatable bonds is 0. The second kappa shape index (κ2) is 2.21. The Balaban J connectivity index is 2.62. The van der Waals surface area contributed by atoms with Gasteiger partial charge in [-0.05, 0) is 12.8 Å². The molecule has 49 valence electrons. The fourth-order valence-corrected chi connectivity index (χ4v) is 0.915. The predicted octanol–water partition coefficient (Wildman–Crippen LogP) is 0.957. The molecule has 1 aliphatic heterocycles. The summed E-state index contributed by atoms with van der Waals surface area (Å²) >= 11 is 0. The van der Waals surface area contributed by atoms with Crippen molar-refractivity contribution in [2.24, 2.45) is 0 Å². The first kappa shape index (κ1) is 6.33. The number of carbonyl (C=O) groups is 1. The van der Waals surface area contributed by atoms with E-state index in [0.717, 1.165) is 19.4 Å². The Morgan fingerprint density at radius 1 is 1.56 bits per heavy atom. The summed E-state index contributed by atoms with van der Waals surface area (Å²) in [6.45, 7) is 4.39. The average Bonchev–Trinajstić information content (AvgIpc) is 1.83. The maximum absolute atomic E-state index is 10.9. The third-order valence-corrected chi connectivity index (χ3v) is 1.50. The fraction of sp³-hybridized carbons (Fsp3) is 0.429. The van der Waals surface area contributed by atoms with Gasteiger partial charge in [-0.15, -0.1) is 0 Å². The number of carbonyl (C=O) groups excluding carboxylic acids is 1. The highest BCUT2D eigenvalue weighted by atomic mass is 16.2. The molecular formula is C7H10NO. The van der Waals surface area contributed by atoms with E-state index >= 15 is 0 Å². The Morgan fingerprint density at radius 2 is 2.22 bits per heavy atom. The van der Waals surface area contributed by atoms with Gasteiger partial charge < -0.3 is 4.90 Å². The van der Waals surface area contributed by atoms with E-state index in [1.54, 1.807) is 0 Å². The van der Waals surface area contributed by atoms with Crippen molar-refractivity contribution < 1.29 is 4.79 Å². The van der Waals surface area contributed by atoms with Crippen LogP contribution in [-0.4, -0.2) is 17.4 Å². The summed E-state index contributed by atoms with van der Waals surface area (Å²) in [5.41, 5.74) is 0.691. The Hall–Kier alpha value is -0.790. The van der Waals surface area contributed by atoms with Crippen molar-refractivity contribution in [3.05, 3.63) is 19.2 Å². The Labute approximate surface area is 55.2 Å². The van der Waals surface area contributed by atoms with Crippen LogP contribution in [0.5, 0.6) is 0 Å². The van der Waals surface area contributed by atoms with Crippen LogP contribution in [0, 0.1) is 7.05 Å². The Kier molecular flexibility index (Phi) is 1.56. The molecule has 0 unspecified atom stereocenters. The van der Waals surface area contributed by atoms with Gasteiger partial charge in [-0.25, -0.2) is 0 Å². The Bertz CT molecular complexity index is 151. The smallest absolute Gasteiger partial charge is 0.249 e. The molecule has 0 spiro atoms. The molecule has 0 atom stereocenters. The van der Waals surface area contributed by atoms with Crippen LogP contribution in [0.15, 0.2) is 12.2 Å². The number of hydrogen-bond donors (Lipinski definition) is 0. The van der Waals surface area contributed by atoms with E-state index in [2.05, 4.69) is 13.6 Å². The van der Waals surface area contributed by atoms with Crippen LogP contribution in [-0.2, 0) is 4.79 Å². The number of hydrogen-bond acceptors (Lipinski definition) is 1. The number of likely N-dealkylation sites (tertiary alicyclic amines) is 1. The number of piperidine rings is 1. The van der Waals surface area contributed by atoms with Crippen LogP contribution in [0.4, 0.5) is 0 Å². The first-order valence-electron chi connectivity index (χ1n) is 3.02. The van der Waals surface area contributed by atoms with Crippen molar-refractivity contribution in [2.45, 2.75) is 12.8 Å². The van der Waals surface area contributed by atoms with E-state index in [-0.39, 0.29) is 5.91 Å². The molecule has 1 radical (unpaired) electrons. The zero-order chi connectivity index (χ0) is 6.85. The lowest BCUT2D eigenvalue weighted by atomic mass is 10.1. The summed E-state index contributed by atoms with van der Waals surface area (Å²) in [7, 11) is 3.55. The summed E-state index contributed by atoms with van der Waals surface area (Å²) in [4.78, 5) is 12.4. The second-order valence-corrected chi connectivity index (χ2v) is 2.28. The van der Waals surface area contributed by atoms with Gasteiger partial charge in [-0.1, -0.05) is 6.58 Å². The highest BCUT2D eigenvalue weighted by Crippen LogP contribution is 2.13. The van der Waals surface area contributed by atoms with Crippen molar-refractivity contribution in [2.75, 3.05) is 6.54 Å². The lowest BCUT2D eigenvalue weighted by molar-refractivity contribution is -0.126. The number of amides is 1. The lowest BCUT2D eigenvalue weighted by Crippen LogP contribution is -2.30. The summed E-state index contributed by atoms with van der Waals surface area (Å²) in [6, 6.07) is 0. The van der Waals surface area contributed by atoms with Crippen molar-refractivity contribution in [3.63, 3.8) is 0 Å². The Morgan fingerprint density at radius 3 is 2.67 bits per heavy atom. The van der Waals surface area contributed by atoms with E-state index in [1.807, 2.05) is 0 Å². The van der Waals surface area contributed by atoms with Crippen molar-refractivity contribution >= 4 is 5.91 Å². The molecule has 0 N–H and O–H groups in total. The summed E-state index contributed by atoms with van der Waals surface area (Å²) < 4.78 is 0. The molecule has 0 aliphatic carbocycles. The van der Waals surface area contributed by atoms with Crippen LogP contribution in [0.2, 0.25) is 0 Å². The quantitative estimate of drug-likeness (QED) is 0.440. The van der Waals surface area contributed by atoms with Crippen LogP contribution in [0.25, 0.3) is 0 Å². The normalized spacial score (nSPS) is 20.8. The van der Waals surface area contributed by atoms with Crippen LogP contribution < -0.4 is 0 Å². The summed E-state index contributed by atoms with van der Waals surface area (Å²) in [5, 5.41) is 0. The van der Waals surface area contributed by atoms with E-state index in [4.69, 9.17) is 0 Å². The van der Waals surface area contributed by atoms with E-state index in [0.29, 0.717) is 5.57 Å². The van der Waals surface area contributed by atoms with Crippen LogP contribution >= 0.6 is 0 Å². The zero-order valence-corrected chi connectivity index (χ0v) is 5.39. The van der Waals surface area contributed by atoms with Crippen molar-refractivity contribution in [1.82, 2.24) is 4.90 Å². The molecule has 1 saturated heterocycles. The first-order valence-corrected chi connectivity index (χ1v) is 3.02. The van der Waals surface area contributed by atoms with Crippen LogP contribution in [0.3, 0.4) is 0 Å². The molecule has 0 bridgehead atoms. The molecule has 2 heteroatoms. The fourth-order valence-electron chi connectivity index (χ4n) is 0.915. The van der Waals surface area contributed by atoms with Gasteiger partial charge in [-0.3, -0.25) is 4.79 Å². The van der Waals surface area contributed by atoms with Crippen molar-refractivity contribution in [3.8, 4) is 0 Å². The third kappa shape index (κ3) is 1.12. The molecule has 0 aromatic carbocycles. The SMILES string of the molecule is [CH2]N1CCCC(=C)C1=O. The van der Waals surface area contributed by atoms with E-state index in [1.165, 1.54) is 4.90 Å². The van der Waals surface area contributed by atoms with Gasteiger partial charge in [0.05, 0.1) is 0 Å². The molecule has 9 heavy (non-hydrogen) atoms. The van der Waals surface area contributed by atoms with Gasteiger partial charge in [0, 0.05) is 19.2 Å². The van der Waals surface area contributed by atoms with Gasteiger partial charge in [0.2, 0.25) is 5.91 Å². The average molecular weight is 124 g/mol. The molecule has 0 saturated carbocycles. The van der Waals surface area contributed by atoms with Crippen LogP contribution in [0.1, 0.15) is 12.8 Å². The largest absolute Gasteiger partial charge is 0.337 e. The number of nitrogens with zero attached hydrogens (tertiary/aromatic N) is 1. The van der Waals surface area contributed by atoms with Crippen molar-refractivity contribution in [1.29, 1.82) is 0 Å². The predicted molar refractivity (Wildman–Crippen MR) is 35.4 cm³/mol. The molecule has 1 fully saturated rings. The zero-order valence-electron chi connectivity index (χ0n) is 5.39. The topological polar surface area (TPSA) is 20.3 Å². The monoisotopic (exact) mass is 124 g/mol.